The number of rotatable bonds is 4. The lowest BCUT2D eigenvalue weighted by atomic mass is 10.1. The predicted octanol–water partition coefficient (Wildman–Crippen LogP) is 4.69. The molecule has 1 aliphatic carbocycles. The molecule has 0 saturated heterocycles. The highest BCUT2D eigenvalue weighted by Crippen LogP contribution is 2.40. The zero-order valence-corrected chi connectivity index (χ0v) is 13.2. The number of fused-ring (bicyclic) bond motifs is 1. The lowest BCUT2D eigenvalue weighted by molar-refractivity contribution is 0.640. The second-order valence-electron chi connectivity index (χ2n) is 5.39. The molecule has 1 aromatic heterocycles. The van der Waals surface area contributed by atoms with Crippen LogP contribution in [0.3, 0.4) is 0 Å². The number of aromatic nitrogens is 1. The summed E-state index contributed by atoms with van der Waals surface area (Å²) in [5, 5.41) is 4.66. The molecule has 0 atom stereocenters. The molecular weight excluding hydrogens is 272 g/mol. The van der Waals surface area contributed by atoms with Crippen molar-refractivity contribution in [3.63, 3.8) is 0 Å². The summed E-state index contributed by atoms with van der Waals surface area (Å²) in [5.41, 5.74) is 2.42. The SMILES string of the molecule is CSC1(CNc2nc3c(C)cccc3s2)CCCC1. The molecule has 1 fully saturated rings. The van der Waals surface area contributed by atoms with Gasteiger partial charge in [-0.3, -0.25) is 0 Å². The molecule has 1 N–H and O–H groups in total. The number of nitrogens with zero attached hydrogens (tertiary/aromatic N) is 1. The molecule has 102 valence electrons. The summed E-state index contributed by atoms with van der Waals surface area (Å²) in [6.45, 7) is 3.18. The Balaban J connectivity index is 1.76. The van der Waals surface area contributed by atoms with E-state index in [0.717, 1.165) is 17.2 Å². The number of aryl methyl sites for hydroxylation is 1. The molecule has 2 aromatic rings. The molecule has 0 aliphatic heterocycles. The van der Waals surface area contributed by atoms with Crippen LogP contribution >= 0.6 is 23.1 Å². The maximum atomic E-state index is 4.74. The predicted molar refractivity (Wildman–Crippen MR) is 87.6 cm³/mol. The largest absolute Gasteiger partial charge is 0.360 e. The number of nitrogens with one attached hydrogen (secondary N) is 1. The number of thiazole rings is 1. The number of para-hydroxylation sites is 1. The average Bonchev–Trinajstić information content (AvgIpc) is 3.04. The normalized spacial score (nSPS) is 18.0. The molecule has 0 amide bonds. The smallest absolute Gasteiger partial charge is 0.183 e. The van der Waals surface area contributed by atoms with E-state index in [0.29, 0.717) is 4.75 Å². The minimum Gasteiger partial charge on any atom is -0.360 e. The minimum atomic E-state index is 0.437. The Bertz CT molecular complexity index is 571. The van der Waals surface area contributed by atoms with Crippen molar-refractivity contribution in [2.75, 3.05) is 18.1 Å². The zero-order valence-electron chi connectivity index (χ0n) is 11.5. The summed E-state index contributed by atoms with van der Waals surface area (Å²) in [6, 6.07) is 6.40. The van der Waals surface area contributed by atoms with Gasteiger partial charge in [-0.1, -0.05) is 36.3 Å². The van der Waals surface area contributed by atoms with Crippen molar-refractivity contribution in [1.82, 2.24) is 4.98 Å². The fourth-order valence-corrected chi connectivity index (χ4v) is 4.72. The van der Waals surface area contributed by atoms with E-state index in [4.69, 9.17) is 4.98 Å². The van der Waals surface area contributed by atoms with Crippen LogP contribution in [0.2, 0.25) is 0 Å². The van der Waals surface area contributed by atoms with Crippen LogP contribution in [0, 0.1) is 6.92 Å². The molecule has 4 heteroatoms. The van der Waals surface area contributed by atoms with Gasteiger partial charge in [-0.25, -0.2) is 4.98 Å². The molecule has 0 bridgehead atoms. The highest BCUT2D eigenvalue weighted by molar-refractivity contribution is 8.00. The molecule has 3 rings (SSSR count). The maximum Gasteiger partial charge on any atom is 0.183 e. The van der Waals surface area contributed by atoms with Crippen LogP contribution in [0.4, 0.5) is 5.13 Å². The van der Waals surface area contributed by atoms with E-state index >= 15 is 0 Å². The molecule has 1 saturated carbocycles. The number of hydrogen-bond acceptors (Lipinski definition) is 4. The quantitative estimate of drug-likeness (QED) is 0.884. The monoisotopic (exact) mass is 292 g/mol. The number of thioether (sulfide) groups is 1. The van der Waals surface area contributed by atoms with Gasteiger partial charge >= 0.3 is 0 Å². The molecule has 0 spiro atoms. The Morgan fingerprint density at radius 3 is 2.84 bits per heavy atom. The summed E-state index contributed by atoms with van der Waals surface area (Å²) in [4.78, 5) is 4.74. The lowest BCUT2D eigenvalue weighted by Crippen LogP contribution is -2.29. The summed E-state index contributed by atoms with van der Waals surface area (Å²) >= 11 is 3.80. The Kier molecular flexibility index (Phi) is 3.72. The van der Waals surface area contributed by atoms with Gasteiger partial charge in [0.1, 0.15) is 0 Å². The van der Waals surface area contributed by atoms with Crippen LogP contribution in [-0.2, 0) is 0 Å². The van der Waals surface area contributed by atoms with E-state index in [1.54, 1.807) is 11.3 Å². The van der Waals surface area contributed by atoms with E-state index in [2.05, 4.69) is 36.7 Å². The first-order valence-electron chi connectivity index (χ1n) is 6.88. The summed E-state index contributed by atoms with van der Waals surface area (Å²) < 4.78 is 1.72. The van der Waals surface area contributed by atoms with Crippen molar-refractivity contribution in [3.8, 4) is 0 Å². The maximum absolute atomic E-state index is 4.74. The topological polar surface area (TPSA) is 24.9 Å². The molecule has 2 nitrogen and oxygen atoms in total. The Morgan fingerprint density at radius 2 is 2.16 bits per heavy atom. The molecule has 0 radical (unpaired) electrons. The van der Waals surface area contributed by atoms with Gasteiger partial charge in [0.25, 0.3) is 0 Å². The Hall–Kier alpha value is -0.740. The molecule has 0 unspecified atom stereocenters. The average molecular weight is 292 g/mol. The minimum absolute atomic E-state index is 0.437. The first-order chi connectivity index (χ1) is 9.22. The first-order valence-corrected chi connectivity index (χ1v) is 8.92. The van der Waals surface area contributed by atoms with Gasteiger partial charge in [-0.15, -0.1) is 0 Å². The molecule has 1 aliphatic rings. The van der Waals surface area contributed by atoms with Crippen molar-refractivity contribution >= 4 is 38.4 Å². The third kappa shape index (κ3) is 2.61. The van der Waals surface area contributed by atoms with Gasteiger partial charge in [0.2, 0.25) is 0 Å². The number of anilines is 1. The highest BCUT2D eigenvalue weighted by Gasteiger charge is 2.32. The van der Waals surface area contributed by atoms with Gasteiger partial charge in [0, 0.05) is 11.3 Å². The van der Waals surface area contributed by atoms with E-state index < -0.39 is 0 Å². The van der Waals surface area contributed by atoms with E-state index in [9.17, 15) is 0 Å². The van der Waals surface area contributed by atoms with E-state index in [1.807, 2.05) is 11.8 Å². The van der Waals surface area contributed by atoms with E-state index in [-0.39, 0.29) is 0 Å². The molecule has 19 heavy (non-hydrogen) atoms. The van der Waals surface area contributed by atoms with Crippen molar-refractivity contribution in [1.29, 1.82) is 0 Å². The van der Waals surface area contributed by atoms with Crippen molar-refractivity contribution in [3.05, 3.63) is 23.8 Å². The highest BCUT2D eigenvalue weighted by atomic mass is 32.2. The van der Waals surface area contributed by atoms with Gasteiger partial charge in [-0.2, -0.15) is 11.8 Å². The second kappa shape index (κ2) is 5.33. The van der Waals surface area contributed by atoms with Crippen LogP contribution in [-0.4, -0.2) is 22.5 Å². The molecular formula is C15H20N2S2. The summed E-state index contributed by atoms with van der Waals surface area (Å²) in [5.74, 6) is 0. The lowest BCUT2D eigenvalue weighted by Gasteiger charge is -2.26. The summed E-state index contributed by atoms with van der Waals surface area (Å²) in [6.07, 6.45) is 7.68. The standard InChI is InChI=1S/C15H20N2S2/c1-11-6-5-7-12-13(11)17-14(19-12)16-10-15(18-2)8-3-4-9-15/h5-7H,3-4,8-10H2,1-2H3,(H,16,17). The van der Waals surface area contributed by atoms with Gasteiger partial charge in [0.15, 0.2) is 5.13 Å². The Labute approximate surface area is 123 Å². The third-order valence-corrected chi connectivity index (χ3v) is 6.53. The number of hydrogen-bond donors (Lipinski definition) is 1. The second-order valence-corrected chi connectivity index (χ2v) is 7.69. The van der Waals surface area contributed by atoms with Gasteiger partial charge in [-0.05, 0) is 37.7 Å². The van der Waals surface area contributed by atoms with E-state index in [1.165, 1.54) is 35.9 Å². The summed E-state index contributed by atoms with van der Waals surface area (Å²) in [7, 11) is 0. The van der Waals surface area contributed by atoms with Crippen LogP contribution in [0.25, 0.3) is 10.2 Å². The van der Waals surface area contributed by atoms with Crippen LogP contribution in [0.5, 0.6) is 0 Å². The first kappa shape index (κ1) is 13.3. The fraction of sp³-hybridized carbons (Fsp3) is 0.533. The molecule has 1 aromatic carbocycles. The Morgan fingerprint density at radius 1 is 1.37 bits per heavy atom. The number of benzene rings is 1. The third-order valence-electron chi connectivity index (χ3n) is 4.13. The van der Waals surface area contributed by atoms with Crippen molar-refractivity contribution in [2.45, 2.75) is 37.4 Å². The van der Waals surface area contributed by atoms with Crippen molar-refractivity contribution in [2.24, 2.45) is 0 Å². The molecule has 1 heterocycles. The van der Waals surface area contributed by atoms with Crippen molar-refractivity contribution < 1.29 is 0 Å². The zero-order chi connectivity index (χ0) is 13.3. The fourth-order valence-electron chi connectivity index (χ4n) is 2.87. The van der Waals surface area contributed by atoms with Gasteiger partial charge in [0.05, 0.1) is 10.2 Å². The van der Waals surface area contributed by atoms with Gasteiger partial charge < -0.3 is 5.32 Å². The van der Waals surface area contributed by atoms with Crippen LogP contribution in [0.15, 0.2) is 18.2 Å². The van der Waals surface area contributed by atoms with Crippen LogP contribution in [0.1, 0.15) is 31.2 Å². The van der Waals surface area contributed by atoms with Crippen LogP contribution < -0.4 is 5.32 Å².